The Kier molecular flexibility index (Phi) is 5.76. The van der Waals surface area contributed by atoms with Gasteiger partial charge in [-0.05, 0) is 54.4 Å². The Morgan fingerprint density at radius 1 is 0.818 bits per heavy atom. The molecule has 0 unspecified atom stereocenters. The first-order chi connectivity index (χ1) is 15.7. The third-order valence-electron chi connectivity index (χ3n) is 6.03. The molecule has 0 aromatic heterocycles. The summed E-state index contributed by atoms with van der Waals surface area (Å²) in [6.07, 6.45) is 0.121. The van der Waals surface area contributed by atoms with Gasteiger partial charge in [-0.2, -0.15) is 0 Å². The summed E-state index contributed by atoms with van der Waals surface area (Å²) in [4.78, 5) is 14.1. The molecular formula is C26H25NO5S. The lowest BCUT2D eigenvalue weighted by atomic mass is 9.73. The fraction of sp³-hybridized carbons (Fsp3) is 0.192. The van der Waals surface area contributed by atoms with E-state index in [-0.39, 0.29) is 17.0 Å². The fourth-order valence-corrected chi connectivity index (χ4v) is 5.70. The molecule has 4 rings (SSSR count). The number of carbonyl (C=O) groups excluding carboxylic acids is 1. The van der Waals surface area contributed by atoms with Crippen LogP contribution in [0.2, 0.25) is 0 Å². The van der Waals surface area contributed by atoms with Crippen LogP contribution in [0, 0.1) is 6.92 Å². The van der Waals surface area contributed by atoms with Crippen LogP contribution in [0.15, 0.2) is 90.0 Å². The van der Waals surface area contributed by atoms with Gasteiger partial charge in [0.1, 0.15) is 16.9 Å². The lowest BCUT2D eigenvalue weighted by Crippen LogP contribution is -2.41. The molecule has 3 aromatic rings. The van der Waals surface area contributed by atoms with Gasteiger partial charge in [0.05, 0.1) is 19.1 Å². The van der Waals surface area contributed by atoms with E-state index >= 15 is 0 Å². The third-order valence-corrected chi connectivity index (χ3v) is 7.80. The van der Waals surface area contributed by atoms with E-state index < -0.39 is 21.3 Å². The summed E-state index contributed by atoms with van der Waals surface area (Å²) in [5, 5.41) is 0. The van der Waals surface area contributed by atoms with Crippen molar-refractivity contribution in [2.75, 3.05) is 14.2 Å². The molecule has 0 bridgehead atoms. The number of methoxy groups -OCH3 is 2. The molecule has 0 N–H and O–H groups in total. The molecule has 0 radical (unpaired) electrons. The van der Waals surface area contributed by atoms with Crippen molar-refractivity contribution in [3.63, 3.8) is 0 Å². The van der Waals surface area contributed by atoms with Crippen molar-refractivity contribution in [3.8, 4) is 11.5 Å². The molecule has 0 spiro atoms. The van der Waals surface area contributed by atoms with Crippen LogP contribution in [-0.2, 0) is 20.2 Å². The van der Waals surface area contributed by atoms with Gasteiger partial charge in [0.2, 0.25) is 0 Å². The maximum absolute atomic E-state index is 14.1. The Bertz CT molecular complexity index is 1250. The second-order valence-corrected chi connectivity index (χ2v) is 9.78. The highest BCUT2D eigenvalue weighted by Gasteiger charge is 2.55. The maximum atomic E-state index is 14.1. The van der Waals surface area contributed by atoms with Crippen LogP contribution in [-0.4, -0.2) is 32.8 Å². The van der Waals surface area contributed by atoms with E-state index in [2.05, 4.69) is 6.58 Å². The van der Waals surface area contributed by atoms with Crippen molar-refractivity contribution in [2.24, 2.45) is 0 Å². The van der Waals surface area contributed by atoms with Crippen LogP contribution >= 0.6 is 0 Å². The second-order valence-electron chi connectivity index (χ2n) is 7.99. The van der Waals surface area contributed by atoms with Crippen molar-refractivity contribution < 1.29 is 22.7 Å². The van der Waals surface area contributed by atoms with E-state index in [0.29, 0.717) is 22.6 Å². The molecule has 1 fully saturated rings. The SMILES string of the molecule is C=C1CC(c2ccc(OC)cc2)(c2ccc(OC)cc2)C(=O)N1S(=O)(=O)c1ccc(C)cc1. The zero-order valence-electron chi connectivity index (χ0n) is 18.7. The zero-order chi connectivity index (χ0) is 23.8. The first-order valence-corrected chi connectivity index (χ1v) is 11.8. The minimum absolute atomic E-state index is 0.0443. The highest BCUT2D eigenvalue weighted by atomic mass is 32.2. The number of nitrogens with zero attached hydrogens (tertiary/aromatic N) is 1. The molecular weight excluding hydrogens is 438 g/mol. The molecule has 0 aliphatic carbocycles. The van der Waals surface area contributed by atoms with E-state index in [9.17, 15) is 13.2 Å². The van der Waals surface area contributed by atoms with Gasteiger partial charge < -0.3 is 9.47 Å². The van der Waals surface area contributed by atoms with Gasteiger partial charge >= 0.3 is 0 Å². The van der Waals surface area contributed by atoms with Crippen molar-refractivity contribution in [1.29, 1.82) is 0 Å². The molecule has 33 heavy (non-hydrogen) atoms. The molecule has 1 aliphatic heterocycles. The van der Waals surface area contributed by atoms with Crippen molar-refractivity contribution in [1.82, 2.24) is 4.31 Å². The van der Waals surface area contributed by atoms with Gasteiger partial charge in [0.25, 0.3) is 15.9 Å². The summed E-state index contributed by atoms with van der Waals surface area (Å²) in [5.41, 5.74) is 1.19. The molecule has 1 aliphatic rings. The van der Waals surface area contributed by atoms with Gasteiger partial charge in [0, 0.05) is 12.1 Å². The zero-order valence-corrected chi connectivity index (χ0v) is 19.6. The van der Waals surface area contributed by atoms with Crippen molar-refractivity contribution in [2.45, 2.75) is 23.7 Å². The summed E-state index contributed by atoms with van der Waals surface area (Å²) < 4.78 is 38.4. The summed E-state index contributed by atoms with van der Waals surface area (Å²) in [7, 11) is -1.01. The molecule has 1 amide bonds. The van der Waals surface area contributed by atoms with E-state index in [1.165, 1.54) is 12.1 Å². The summed E-state index contributed by atoms with van der Waals surface area (Å²) in [5.74, 6) is 0.706. The number of allylic oxidation sites excluding steroid dienone is 1. The van der Waals surface area contributed by atoms with Crippen LogP contribution in [0.25, 0.3) is 0 Å². The minimum Gasteiger partial charge on any atom is -0.497 e. The first-order valence-electron chi connectivity index (χ1n) is 10.4. The number of sulfonamides is 1. The van der Waals surface area contributed by atoms with E-state index in [1.54, 1.807) is 74.9 Å². The van der Waals surface area contributed by atoms with Crippen LogP contribution in [0.5, 0.6) is 11.5 Å². The predicted molar refractivity (Wildman–Crippen MR) is 126 cm³/mol. The Balaban J connectivity index is 1.89. The monoisotopic (exact) mass is 463 g/mol. The number of hydrogen-bond donors (Lipinski definition) is 0. The minimum atomic E-state index is -4.13. The Hall–Kier alpha value is -3.58. The lowest BCUT2D eigenvalue weighted by Gasteiger charge is -2.29. The Morgan fingerprint density at radius 2 is 1.27 bits per heavy atom. The molecule has 3 aromatic carbocycles. The van der Waals surface area contributed by atoms with E-state index in [4.69, 9.17) is 9.47 Å². The molecule has 0 atom stereocenters. The van der Waals surface area contributed by atoms with Crippen LogP contribution < -0.4 is 9.47 Å². The lowest BCUT2D eigenvalue weighted by molar-refractivity contribution is -0.126. The summed E-state index contributed by atoms with van der Waals surface area (Å²) in [6.45, 7) is 5.86. The Morgan fingerprint density at radius 3 is 1.70 bits per heavy atom. The number of amides is 1. The first kappa shape index (κ1) is 22.6. The fourth-order valence-electron chi connectivity index (χ4n) is 4.23. The molecule has 7 heteroatoms. The molecule has 0 saturated carbocycles. The number of carbonyl (C=O) groups is 1. The van der Waals surface area contributed by atoms with Crippen molar-refractivity contribution >= 4 is 15.9 Å². The second kappa shape index (κ2) is 8.41. The number of aryl methyl sites for hydroxylation is 1. The number of rotatable bonds is 6. The molecule has 1 heterocycles. The number of ether oxygens (including phenoxy) is 2. The highest BCUT2D eigenvalue weighted by molar-refractivity contribution is 7.89. The van der Waals surface area contributed by atoms with Gasteiger partial charge in [-0.25, -0.2) is 12.7 Å². The van der Waals surface area contributed by atoms with Crippen LogP contribution in [0.4, 0.5) is 0 Å². The summed E-state index contributed by atoms with van der Waals surface area (Å²) in [6, 6.07) is 20.6. The summed E-state index contributed by atoms with van der Waals surface area (Å²) >= 11 is 0. The molecule has 1 saturated heterocycles. The van der Waals surface area contributed by atoms with Gasteiger partial charge in [-0.15, -0.1) is 0 Å². The predicted octanol–water partition coefficient (Wildman–Crippen LogP) is 4.43. The smallest absolute Gasteiger partial charge is 0.270 e. The van der Waals surface area contributed by atoms with Gasteiger partial charge in [-0.1, -0.05) is 48.5 Å². The average Bonchev–Trinajstić information content (AvgIpc) is 3.10. The normalized spacial score (nSPS) is 15.5. The van der Waals surface area contributed by atoms with Crippen molar-refractivity contribution in [3.05, 3.63) is 102 Å². The van der Waals surface area contributed by atoms with Crippen LogP contribution in [0.3, 0.4) is 0 Å². The largest absolute Gasteiger partial charge is 0.497 e. The highest BCUT2D eigenvalue weighted by Crippen LogP contribution is 2.48. The Labute approximate surface area is 194 Å². The van der Waals surface area contributed by atoms with Gasteiger partial charge in [0.15, 0.2) is 0 Å². The average molecular weight is 464 g/mol. The maximum Gasteiger partial charge on any atom is 0.270 e. The number of benzene rings is 3. The van der Waals surface area contributed by atoms with E-state index in [1.807, 2.05) is 6.92 Å². The quantitative estimate of drug-likeness (QED) is 0.541. The third kappa shape index (κ3) is 3.68. The standard InChI is InChI=1S/C26H25NO5S/c1-18-5-15-24(16-6-18)33(29,30)27-19(2)17-26(25(27)28,20-7-11-22(31-3)12-8-20)21-9-13-23(32-4)14-10-21/h5-16H,2,17H2,1,3-4H3. The molecule has 170 valence electrons. The van der Waals surface area contributed by atoms with Crippen LogP contribution in [0.1, 0.15) is 23.1 Å². The topological polar surface area (TPSA) is 72.9 Å². The molecule has 6 nitrogen and oxygen atoms in total. The van der Waals surface area contributed by atoms with Gasteiger partial charge in [-0.3, -0.25) is 4.79 Å². The van der Waals surface area contributed by atoms with E-state index in [0.717, 1.165) is 9.87 Å². The number of hydrogen-bond acceptors (Lipinski definition) is 5.